The standard InChI is InChI=1S/C11H22OS2/c1-3-13-9-11(10-14-4-2)5-7-12-8-6-11/h3-10H2,1-2H3. The van der Waals surface area contributed by atoms with E-state index in [0.29, 0.717) is 5.41 Å². The molecule has 3 heteroatoms. The first-order valence-corrected chi connectivity index (χ1v) is 7.87. The Bertz CT molecular complexity index is 134. The Morgan fingerprint density at radius 1 is 1.00 bits per heavy atom. The number of rotatable bonds is 6. The molecule has 0 aromatic heterocycles. The van der Waals surface area contributed by atoms with Gasteiger partial charge in [0.15, 0.2) is 0 Å². The van der Waals surface area contributed by atoms with Crippen molar-refractivity contribution in [2.75, 3.05) is 36.2 Å². The molecule has 0 spiro atoms. The average Bonchev–Trinajstić information content (AvgIpc) is 2.25. The van der Waals surface area contributed by atoms with E-state index in [1.54, 1.807) is 0 Å². The van der Waals surface area contributed by atoms with Gasteiger partial charge in [-0.3, -0.25) is 0 Å². The van der Waals surface area contributed by atoms with Crippen LogP contribution in [-0.4, -0.2) is 36.2 Å². The Labute approximate surface area is 96.7 Å². The second kappa shape index (κ2) is 7.02. The van der Waals surface area contributed by atoms with Crippen LogP contribution in [0.5, 0.6) is 0 Å². The smallest absolute Gasteiger partial charge is 0.0471 e. The summed E-state index contributed by atoms with van der Waals surface area (Å²) in [5.74, 6) is 5.17. The van der Waals surface area contributed by atoms with Crippen LogP contribution in [0.3, 0.4) is 0 Å². The molecule has 0 aromatic carbocycles. The quantitative estimate of drug-likeness (QED) is 0.698. The highest BCUT2D eigenvalue weighted by molar-refractivity contribution is 8.00. The zero-order valence-corrected chi connectivity index (χ0v) is 11.0. The van der Waals surface area contributed by atoms with E-state index in [1.807, 2.05) is 0 Å². The van der Waals surface area contributed by atoms with Crippen LogP contribution >= 0.6 is 23.5 Å². The summed E-state index contributed by atoms with van der Waals surface area (Å²) in [7, 11) is 0. The maximum atomic E-state index is 5.47. The summed E-state index contributed by atoms with van der Waals surface area (Å²) in [6, 6.07) is 0. The Balaban J connectivity index is 2.39. The summed E-state index contributed by atoms with van der Waals surface area (Å²) >= 11 is 4.19. The first-order valence-electron chi connectivity index (χ1n) is 5.56. The van der Waals surface area contributed by atoms with E-state index in [9.17, 15) is 0 Å². The lowest BCUT2D eigenvalue weighted by atomic mass is 9.84. The fraction of sp³-hybridized carbons (Fsp3) is 1.00. The summed E-state index contributed by atoms with van der Waals surface area (Å²) in [6.07, 6.45) is 2.54. The second-order valence-electron chi connectivity index (χ2n) is 3.89. The monoisotopic (exact) mass is 234 g/mol. The van der Waals surface area contributed by atoms with Crippen molar-refractivity contribution in [3.05, 3.63) is 0 Å². The van der Waals surface area contributed by atoms with Gasteiger partial charge in [-0.15, -0.1) is 0 Å². The van der Waals surface area contributed by atoms with Crippen LogP contribution in [0.25, 0.3) is 0 Å². The third-order valence-corrected chi connectivity index (χ3v) is 5.23. The van der Waals surface area contributed by atoms with Crippen molar-refractivity contribution in [3.63, 3.8) is 0 Å². The molecule has 1 aliphatic heterocycles. The molecule has 0 aliphatic carbocycles. The third kappa shape index (κ3) is 4.03. The van der Waals surface area contributed by atoms with Gasteiger partial charge in [0, 0.05) is 13.2 Å². The van der Waals surface area contributed by atoms with Crippen molar-refractivity contribution in [1.82, 2.24) is 0 Å². The van der Waals surface area contributed by atoms with E-state index in [1.165, 1.54) is 35.9 Å². The molecule has 1 aliphatic rings. The molecule has 84 valence electrons. The SMILES string of the molecule is CCSCC1(CSCC)CCOCC1. The summed E-state index contributed by atoms with van der Waals surface area (Å²) in [6.45, 7) is 6.47. The minimum Gasteiger partial charge on any atom is -0.381 e. The van der Waals surface area contributed by atoms with E-state index in [4.69, 9.17) is 4.74 Å². The fourth-order valence-corrected chi connectivity index (χ4v) is 3.96. The normalized spacial score (nSPS) is 21.0. The minimum absolute atomic E-state index is 0.583. The van der Waals surface area contributed by atoms with Gasteiger partial charge in [-0.2, -0.15) is 23.5 Å². The van der Waals surface area contributed by atoms with E-state index >= 15 is 0 Å². The molecule has 0 N–H and O–H groups in total. The van der Waals surface area contributed by atoms with Crippen molar-refractivity contribution >= 4 is 23.5 Å². The molecular formula is C11H22OS2. The highest BCUT2D eigenvalue weighted by Crippen LogP contribution is 2.37. The van der Waals surface area contributed by atoms with Gasteiger partial charge in [-0.25, -0.2) is 0 Å². The molecule has 14 heavy (non-hydrogen) atoms. The van der Waals surface area contributed by atoms with Gasteiger partial charge in [-0.05, 0) is 41.3 Å². The van der Waals surface area contributed by atoms with Crippen LogP contribution in [0.1, 0.15) is 26.7 Å². The lowest BCUT2D eigenvalue weighted by Gasteiger charge is -2.36. The Morgan fingerprint density at radius 3 is 1.93 bits per heavy atom. The van der Waals surface area contributed by atoms with Gasteiger partial charge in [0.2, 0.25) is 0 Å². The van der Waals surface area contributed by atoms with E-state index in [-0.39, 0.29) is 0 Å². The Kier molecular flexibility index (Phi) is 6.38. The van der Waals surface area contributed by atoms with Crippen LogP contribution in [-0.2, 0) is 4.74 Å². The number of ether oxygens (including phenoxy) is 1. The Hall–Kier alpha value is 0.660. The molecule has 1 saturated heterocycles. The summed E-state index contributed by atoms with van der Waals surface area (Å²) in [5.41, 5.74) is 0.583. The van der Waals surface area contributed by atoms with Crippen molar-refractivity contribution in [3.8, 4) is 0 Å². The van der Waals surface area contributed by atoms with Crippen molar-refractivity contribution in [2.24, 2.45) is 5.41 Å². The molecule has 1 heterocycles. The van der Waals surface area contributed by atoms with E-state index in [0.717, 1.165) is 13.2 Å². The van der Waals surface area contributed by atoms with Gasteiger partial charge in [0.25, 0.3) is 0 Å². The fourth-order valence-electron chi connectivity index (χ4n) is 1.77. The second-order valence-corrected chi connectivity index (χ2v) is 6.44. The van der Waals surface area contributed by atoms with Crippen LogP contribution < -0.4 is 0 Å². The summed E-state index contributed by atoms with van der Waals surface area (Å²) < 4.78 is 5.47. The first kappa shape index (κ1) is 12.7. The largest absolute Gasteiger partial charge is 0.381 e. The third-order valence-electron chi connectivity index (χ3n) is 2.78. The maximum Gasteiger partial charge on any atom is 0.0471 e. The van der Waals surface area contributed by atoms with Gasteiger partial charge < -0.3 is 4.74 Å². The van der Waals surface area contributed by atoms with Gasteiger partial charge in [0.1, 0.15) is 0 Å². The minimum atomic E-state index is 0.583. The molecule has 0 atom stereocenters. The molecular weight excluding hydrogens is 212 g/mol. The number of hydrogen-bond donors (Lipinski definition) is 0. The summed E-state index contributed by atoms with van der Waals surface area (Å²) in [5, 5.41) is 0. The molecule has 0 aromatic rings. The lowest BCUT2D eigenvalue weighted by molar-refractivity contribution is 0.0369. The predicted octanol–water partition coefficient (Wildman–Crippen LogP) is 3.29. The summed E-state index contributed by atoms with van der Waals surface area (Å²) in [4.78, 5) is 0. The van der Waals surface area contributed by atoms with Crippen LogP contribution in [0.15, 0.2) is 0 Å². The van der Waals surface area contributed by atoms with Crippen molar-refractivity contribution < 1.29 is 4.74 Å². The van der Waals surface area contributed by atoms with Gasteiger partial charge in [-0.1, -0.05) is 13.8 Å². The van der Waals surface area contributed by atoms with Crippen LogP contribution in [0, 0.1) is 5.41 Å². The van der Waals surface area contributed by atoms with E-state index in [2.05, 4.69) is 37.4 Å². The molecule has 1 rings (SSSR count). The molecule has 0 bridgehead atoms. The maximum absolute atomic E-state index is 5.47. The molecule has 1 fully saturated rings. The van der Waals surface area contributed by atoms with Crippen molar-refractivity contribution in [1.29, 1.82) is 0 Å². The lowest BCUT2D eigenvalue weighted by Crippen LogP contribution is -2.34. The number of thioether (sulfide) groups is 2. The van der Waals surface area contributed by atoms with E-state index < -0.39 is 0 Å². The van der Waals surface area contributed by atoms with Crippen molar-refractivity contribution in [2.45, 2.75) is 26.7 Å². The highest BCUT2D eigenvalue weighted by atomic mass is 32.2. The Morgan fingerprint density at radius 2 is 1.50 bits per heavy atom. The molecule has 0 saturated carbocycles. The zero-order valence-electron chi connectivity index (χ0n) is 9.38. The average molecular weight is 234 g/mol. The molecule has 0 unspecified atom stereocenters. The van der Waals surface area contributed by atoms with Crippen LogP contribution in [0.4, 0.5) is 0 Å². The van der Waals surface area contributed by atoms with Crippen LogP contribution in [0.2, 0.25) is 0 Å². The zero-order chi connectivity index (χ0) is 10.3. The molecule has 1 nitrogen and oxygen atoms in total. The number of hydrogen-bond acceptors (Lipinski definition) is 3. The highest BCUT2D eigenvalue weighted by Gasteiger charge is 2.31. The van der Waals surface area contributed by atoms with Gasteiger partial charge in [0.05, 0.1) is 0 Å². The predicted molar refractivity (Wildman–Crippen MR) is 68.5 cm³/mol. The molecule has 0 amide bonds. The molecule has 0 radical (unpaired) electrons. The first-order chi connectivity index (χ1) is 6.83. The van der Waals surface area contributed by atoms with Gasteiger partial charge >= 0.3 is 0 Å². The topological polar surface area (TPSA) is 9.23 Å².